The molecule has 2 atom stereocenters. The third kappa shape index (κ3) is 6.63. The fraction of sp³-hybridized carbons (Fsp3) is 0.367. The van der Waals surface area contributed by atoms with E-state index in [9.17, 15) is 4.79 Å². The third-order valence-electron chi connectivity index (χ3n) is 12.9. The maximum absolute atomic E-state index is 14.4. The number of carbonyl (C=O) groups is 1. The Hall–Kier alpha value is -4.60. The zero-order chi connectivity index (χ0) is 40.0. The second-order valence-corrected chi connectivity index (χ2v) is 17.7. The van der Waals surface area contributed by atoms with E-state index in [2.05, 4.69) is 87.4 Å². The smallest absolute Gasteiger partial charge is 0.134 e. The molecule has 0 N–H and O–H groups in total. The van der Waals surface area contributed by atoms with Crippen LogP contribution in [0.4, 0.5) is 0 Å². The molecule has 0 bridgehead atoms. The van der Waals surface area contributed by atoms with Crippen molar-refractivity contribution in [2.75, 3.05) is 28.4 Å². The van der Waals surface area contributed by atoms with E-state index in [0.717, 1.165) is 34.1 Å². The Morgan fingerprint density at radius 2 is 0.709 bits per heavy atom. The number of benzene rings is 5. The van der Waals surface area contributed by atoms with Crippen LogP contribution >= 0.6 is 7.92 Å². The van der Waals surface area contributed by atoms with Crippen molar-refractivity contribution in [3.63, 3.8) is 0 Å². The Labute approximate surface area is 330 Å². The molecule has 0 aliphatic carbocycles. The monoisotopic (exact) mass is 756 g/mol. The number of hydrogen-bond donors (Lipinski definition) is 0. The number of rotatable bonds is 9. The Morgan fingerprint density at radius 1 is 0.436 bits per heavy atom. The van der Waals surface area contributed by atoms with Crippen LogP contribution in [-0.4, -0.2) is 34.2 Å². The van der Waals surface area contributed by atoms with E-state index in [-0.39, 0.29) is 17.1 Å². The van der Waals surface area contributed by atoms with Crippen LogP contribution in [0, 0.1) is 69.2 Å². The highest BCUT2D eigenvalue weighted by Crippen LogP contribution is 2.71. The zero-order valence-electron chi connectivity index (χ0n) is 35.3. The molecule has 288 valence electrons. The summed E-state index contributed by atoms with van der Waals surface area (Å²) >= 11 is 0. The van der Waals surface area contributed by atoms with Crippen molar-refractivity contribution in [1.82, 2.24) is 0 Å². The minimum atomic E-state index is -1.29. The van der Waals surface area contributed by atoms with Gasteiger partial charge in [-0.1, -0.05) is 38.3 Å². The third-order valence-corrected chi connectivity index (χ3v) is 16.2. The Morgan fingerprint density at radius 3 is 1.00 bits per heavy atom. The van der Waals surface area contributed by atoms with Crippen molar-refractivity contribution in [2.24, 2.45) is 0 Å². The van der Waals surface area contributed by atoms with Crippen LogP contribution in [0.5, 0.6) is 23.0 Å². The van der Waals surface area contributed by atoms with Gasteiger partial charge in [-0.25, -0.2) is 0 Å². The van der Waals surface area contributed by atoms with Gasteiger partial charge in [-0.15, -0.1) is 0 Å². The van der Waals surface area contributed by atoms with Crippen LogP contribution in [0.15, 0.2) is 54.6 Å². The molecule has 0 aromatic heterocycles. The lowest BCUT2D eigenvalue weighted by Gasteiger charge is -2.42. The van der Waals surface area contributed by atoms with Crippen molar-refractivity contribution < 1.29 is 23.7 Å². The molecule has 5 nitrogen and oxygen atoms in total. The van der Waals surface area contributed by atoms with Gasteiger partial charge in [0.25, 0.3) is 0 Å². The first-order valence-corrected chi connectivity index (χ1v) is 20.7. The van der Waals surface area contributed by atoms with E-state index in [4.69, 9.17) is 18.9 Å². The van der Waals surface area contributed by atoms with Crippen molar-refractivity contribution in [3.8, 4) is 45.3 Å². The first kappa shape index (κ1) is 40.1. The summed E-state index contributed by atoms with van der Waals surface area (Å²) in [5.74, 6) is 3.08. The first-order valence-electron chi connectivity index (χ1n) is 19.2. The summed E-state index contributed by atoms with van der Waals surface area (Å²) in [4.78, 5) is 14.4. The van der Waals surface area contributed by atoms with Gasteiger partial charge in [0.2, 0.25) is 0 Å². The van der Waals surface area contributed by atoms with Gasteiger partial charge in [-0.05, 0) is 177 Å². The van der Waals surface area contributed by atoms with Crippen LogP contribution < -0.4 is 24.3 Å². The molecule has 0 spiro atoms. The average molecular weight is 757 g/mol. The van der Waals surface area contributed by atoms with Crippen LogP contribution in [0.25, 0.3) is 22.3 Å². The summed E-state index contributed by atoms with van der Waals surface area (Å²) in [6.45, 7) is 22.6. The van der Waals surface area contributed by atoms with Crippen molar-refractivity contribution in [1.29, 1.82) is 0 Å². The molecule has 1 aliphatic heterocycles. The summed E-state index contributed by atoms with van der Waals surface area (Å²) in [5.41, 5.74) is 19.3. The number of ether oxygens (including phenoxy) is 4. The highest BCUT2D eigenvalue weighted by Gasteiger charge is 2.46. The molecule has 1 heterocycles. The Bertz CT molecular complexity index is 2060. The molecule has 5 aromatic rings. The van der Waals surface area contributed by atoms with E-state index >= 15 is 0 Å². The predicted molar refractivity (Wildman–Crippen MR) is 230 cm³/mol. The van der Waals surface area contributed by atoms with Gasteiger partial charge < -0.3 is 18.9 Å². The van der Waals surface area contributed by atoms with Gasteiger partial charge in [-0.2, -0.15) is 0 Å². The molecule has 1 saturated heterocycles. The van der Waals surface area contributed by atoms with Gasteiger partial charge in [0.05, 0.1) is 28.4 Å². The molecular weight excluding hydrogens is 700 g/mol. The van der Waals surface area contributed by atoms with E-state index in [1.165, 1.54) is 83.2 Å². The normalized spacial score (nSPS) is 17.0. The molecule has 0 radical (unpaired) electrons. The molecule has 1 aliphatic rings. The van der Waals surface area contributed by atoms with Crippen LogP contribution in [-0.2, 0) is 4.79 Å². The second kappa shape index (κ2) is 15.9. The van der Waals surface area contributed by atoms with Crippen LogP contribution in [0.1, 0.15) is 90.9 Å². The average Bonchev–Trinajstić information content (AvgIpc) is 3.20. The van der Waals surface area contributed by atoms with Gasteiger partial charge in [0.1, 0.15) is 28.8 Å². The summed E-state index contributed by atoms with van der Waals surface area (Å²) in [7, 11) is 5.54. The topological polar surface area (TPSA) is 54.0 Å². The van der Waals surface area contributed by atoms with Gasteiger partial charge in [0.15, 0.2) is 0 Å². The van der Waals surface area contributed by atoms with Crippen molar-refractivity contribution in [3.05, 3.63) is 121 Å². The fourth-order valence-corrected chi connectivity index (χ4v) is 13.0. The lowest BCUT2D eigenvalue weighted by molar-refractivity contribution is -0.119. The van der Waals surface area contributed by atoms with E-state index in [1.54, 1.807) is 28.4 Å². The van der Waals surface area contributed by atoms with Crippen molar-refractivity contribution in [2.45, 2.75) is 93.4 Å². The van der Waals surface area contributed by atoms with E-state index < -0.39 is 7.92 Å². The second-order valence-electron chi connectivity index (χ2n) is 15.2. The summed E-state index contributed by atoms with van der Waals surface area (Å²) < 4.78 is 24.6. The molecule has 55 heavy (non-hydrogen) atoms. The molecule has 6 heteroatoms. The minimum Gasteiger partial charge on any atom is -0.496 e. The fourth-order valence-electron chi connectivity index (χ4n) is 9.17. The molecule has 6 rings (SSSR count). The highest BCUT2D eigenvalue weighted by atomic mass is 31.1. The Balaban J connectivity index is 1.89. The van der Waals surface area contributed by atoms with Gasteiger partial charge in [0, 0.05) is 35.3 Å². The number of methoxy groups -OCH3 is 4. The molecule has 0 saturated carbocycles. The number of hydrogen-bond acceptors (Lipinski definition) is 5. The van der Waals surface area contributed by atoms with Crippen LogP contribution in [0.2, 0.25) is 0 Å². The minimum absolute atomic E-state index is 0.192. The first-order chi connectivity index (χ1) is 26.2. The van der Waals surface area contributed by atoms with E-state index in [1.807, 2.05) is 36.4 Å². The standard InChI is InChI=1S/C49H57O5P/c1-26-28(3)32(7)45(33(8)29(26)4)37-18-15-19-38(46-34(9)30(5)27(2)31(6)35(46)10)49(37)55-43(47-39(51-11)20-16-21-40(47)52-12)24-36(50)25-44(55)48-41(53-13)22-17-23-42(48)54-14/h15-23,43-44H,24-25H2,1-14H3. The van der Waals surface area contributed by atoms with Crippen molar-refractivity contribution >= 4 is 19.0 Å². The Kier molecular flexibility index (Phi) is 11.6. The molecular formula is C49H57O5P. The summed E-state index contributed by atoms with van der Waals surface area (Å²) in [5, 5.41) is 1.28. The molecule has 5 aromatic carbocycles. The number of Topliss-reactive ketones (excluding diaryl/α,β-unsaturated/α-hetero) is 1. The molecule has 0 amide bonds. The van der Waals surface area contributed by atoms with Gasteiger partial charge in [-0.3, -0.25) is 4.79 Å². The quantitative estimate of drug-likeness (QED) is 0.140. The maximum atomic E-state index is 14.4. The molecule has 1 fully saturated rings. The van der Waals surface area contributed by atoms with Gasteiger partial charge >= 0.3 is 0 Å². The maximum Gasteiger partial charge on any atom is 0.134 e. The van der Waals surface area contributed by atoms with E-state index in [0.29, 0.717) is 12.8 Å². The molecule has 2 unspecified atom stereocenters. The lowest BCUT2D eigenvalue weighted by atomic mass is 9.83. The SMILES string of the molecule is COc1cccc(OC)c1C1CC(=O)CC(c2c(OC)cccc2OC)P1c1c(-c2c(C)c(C)c(C)c(C)c2C)cccc1-c1c(C)c(C)c(C)c(C)c1C. The largest absolute Gasteiger partial charge is 0.496 e. The lowest BCUT2D eigenvalue weighted by Crippen LogP contribution is -2.27. The predicted octanol–water partition coefficient (Wildman–Crippen LogP) is 12.1. The summed E-state index contributed by atoms with van der Waals surface area (Å²) in [6.07, 6.45) is 0.718. The number of carbonyl (C=O) groups excluding carboxylic acids is 1. The summed E-state index contributed by atoms with van der Waals surface area (Å²) in [6, 6.07) is 18.8. The number of ketones is 1. The highest BCUT2D eigenvalue weighted by molar-refractivity contribution is 7.67. The zero-order valence-corrected chi connectivity index (χ0v) is 36.1. The van der Waals surface area contributed by atoms with Crippen LogP contribution in [0.3, 0.4) is 0 Å².